The molecule has 2 aromatic carbocycles. The van der Waals surface area contributed by atoms with Gasteiger partial charge in [-0.3, -0.25) is 0 Å². The summed E-state index contributed by atoms with van der Waals surface area (Å²) in [5.41, 5.74) is 2.53. The van der Waals surface area contributed by atoms with Crippen molar-refractivity contribution >= 4 is 11.3 Å². The van der Waals surface area contributed by atoms with Gasteiger partial charge in [0.05, 0.1) is 10.7 Å². The molecule has 3 aromatic rings. The van der Waals surface area contributed by atoms with E-state index in [1.807, 2.05) is 35.7 Å². The number of aromatic nitrogens is 1. The molecule has 0 amide bonds. The Morgan fingerprint density at radius 1 is 0.950 bits per heavy atom. The second kappa shape index (κ2) is 5.51. The van der Waals surface area contributed by atoms with Crippen LogP contribution in [0.25, 0.3) is 11.3 Å². The minimum absolute atomic E-state index is 0.437. The molecule has 0 aliphatic heterocycles. The average molecular weight is 287 g/mol. The van der Waals surface area contributed by atoms with E-state index in [9.17, 15) is 8.78 Å². The van der Waals surface area contributed by atoms with Crippen LogP contribution < -0.4 is 0 Å². The van der Waals surface area contributed by atoms with Gasteiger partial charge in [0.25, 0.3) is 0 Å². The fraction of sp³-hybridized carbons (Fsp3) is 0.0625. The van der Waals surface area contributed by atoms with Crippen molar-refractivity contribution in [3.63, 3.8) is 0 Å². The number of hydrogen-bond acceptors (Lipinski definition) is 2. The van der Waals surface area contributed by atoms with Crippen molar-refractivity contribution in [2.45, 2.75) is 6.42 Å². The van der Waals surface area contributed by atoms with E-state index in [0.717, 1.165) is 22.3 Å². The summed E-state index contributed by atoms with van der Waals surface area (Å²) in [7, 11) is 0. The summed E-state index contributed by atoms with van der Waals surface area (Å²) in [6.45, 7) is 0. The van der Waals surface area contributed by atoms with Crippen LogP contribution in [0.5, 0.6) is 0 Å². The molecule has 1 heterocycles. The maximum Gasteiger partial charge on any atom is 0.126 e. The minimum atomic E-state index is -0.556. The maximum absolute atomic E-state index is 13.1. The molecule has 4 heteroatoms. The van der Waals surface area contributed by atoms with E-state index in [1.54, 1.807) is 0 Å². The zero-order valence-corrected chi connectivity index (χ0v) is 11.3. The number of thiazole rings is 1. The Morgan fingerprint density at radius 2 is 1.65 bits per heavy atom. The van der Waals surface area contributed by atoms with Crippen LogP contribution in [0.1, 0.15) is 10.6 Å². The van der Waals surface area contributed by atoms with Crippen molar-refractivity contribution in [3.05, 3.63) is 76.1 Å². The van der Waals surface area contributed by atoms with E-state index >= 15 is 0 Å². The molecule has 0 saturated carbocycles. The quantitative estimate of drug-likeness (QED) is 0.681. The van der Waals surface area contributed by atoms with Crippen molar-refractivity contribution in [1.29, 1.82) is 0 Å². The van der Waals surface area contributed by atoms with Crippen LogP contribution >= 0.6 is 11.3 Å². The Balaban J connectivity index is 1.84. The molecule has 0 aliphatic carbocycles. The van der Waals surface area contributed by atoms with Gasteiger partial charge in [-0.1, -0.05) is 30.3 Å². The van der Waals surface area contributed by atoms with Gasteiger partial charge in [0.15, 0.2) is 0 Å². The fourth-order valence-electron chi connectivity index (χ4n) is 2.02. The van der Waals surface area contributed by atoms with Crippen molar-refractivity contribution in [1.82, 2.24) is 4.98 Å². The lowest BCUT2D eigenvalue weighted by molar-refractivity contribution is 0.580. The lowest BCUT2D eigenvalue weighted by atomic mass is 10.1. The summed E-state index contributed by atoms with van der Waals surface area (Å²) in [6, 6.07) is 13.4. The smallest absolute Gasteiger partial charge is 0.126 e. The first-order valence-corrected chi connectivity index (χ1v) is 7.03. The Bertz CT molecular complexity index is 702. The van der Waals surface area contributed by atoms with Crippen LogP contribution in [-0.4, -0.2) is 4.98 Å². The SMILES string of the molecule is Fc1cc(F)cc(Cc2nc(-c3ccccc3)cs2)c1. The van der Waals surface area contributed by atoms with Gasteiger partial charge >= 0.3 is 0 Å². The normalized spacial score (nSPS) is 10.7. The van der Waals surface area contributed by atoms with Gasteiger partial charge < -0.3 is 0 Å². The number of halogens is 2. The lowest BCUT2D eigenvalue weighted by Crippen LogP contribution is -1.91. The third-order valence-corrected chi connectivity index (χ3v) is 3.75. The fourth-order valence-corrected chi connectivity index (χ4v) is 2.86. The Morgan fingerprint density at radius 3 is 2.35 bits per heavy atom. The van der Waals surface area contributed by atoms with Crippen molar-refractivity contribution in [2.24, 2.45) is 0 Å². The zero-order chi connectivity index (χ0) is 13.9. The molecule has 0 atom stereocenters. The number of hydrogen-bond donors (Lipinski definition) is 0. The predicted molar refractivity (Wildman–Crippen MR) is 76.7 cm³/mol. The monoisotopic (exact) mass is 287 g/mol. The largest absolute Gasteiger partial charge is 0.241 e. The molecule has 0 N–H and O–H groups in total. The highest BCUT2D eigenvalue weighted by Gasteiger charge is 2.07. The van der Waals surface area contributed by atoms with Crippen LogP contribution in [0.2, 0.25) is 0 Å². The van der Waals surface area contributed by atoms with Crippen molar-refractivity contribution in [3.8, 4) is 11.3 Å². The molecule has 0 spiro atoms. The molecule has 0 fully saturated rings. The van der Waals surface area contributed by atoms with Crippen LogP contribution in [-0.2, 0) is 6.42 Å². The standard InChI is InChI=1S/C16H11F2NS/c17-13-6-11(7-14(18)9-13)8-16-19-15(10-20-16)12-4-2-1-3-5-12/h1-7,9-10H,8H2. The van der Waals surface area contributed by atoms with E-state index in [1.165, 1.54) is 23.5 Å². The van der Waals surface area contributed by atoms with Gasteiger partial charge in [0.1, 0.15) is 11.6 Å². The summed E-state index contributed by atoms with van der Waals surface area (Å²) in [6.07, 6.45) is 0.437. The molecule has 3 rings (SSSR count). The molecule has 0 bridgehead atoms. The minimum Gasteiger partial charge on any atom is -0.241 e. The second-order valence-corrected chi connectivity index (χ2v) is 5.39. The molecule has 0 saturated heterocycles. The summed E-state index contributed by atoms with van der Waals surface area (Å²) >= 11 is 1.49. The highest BCUT2D eigenvalue weighted by molar-refractivity contribution is 7.10. The van der Waals surface area contributed by atoms with Gasteiger partial charge in [0, 0.05) is 23.4 Å². The van der Waals surface area contributed by atoms with Crippen LogP contribution in [0.4, 0.5) is 8.78 Å². The first kappa shape index (κ1) is 12.9. The third kappa shape index (κ3) is 2.91. The van der Waals surface area contributed by atoms with Crippen LogP contribution in [0, 0.1) is 11.6 Å². The number of rotatable bonds is 3. The second-order valence-electron chi connectivity index (χ2n) is 4.45. The zero-order valence-electron chi connectivity index (χ0n) is 10.5. The molecule has 100 valence electrons. The van der Waals surface area contributed by atoms with E-state index < -0.39 is 11.6 Å². The first-order chi connectivity index (χ1) is 9.70. The molecule has 1 aromatic heterocycles. The van der Waals surface area contributed by atoms with E-state index in [0.29, 0.717) is 12.0 Å². The van der Waals surface area contributed by atoms with E-state index in [2.05, 4.69) is 4.98 Å². The molecule has 1 nitrogen and oxygen atoms in total. The molecular formula is C16H11F2NS. The van der Waals surface area contributed by atoms with Gasteiger partial charge in [0.2, 0.25) is 0 Å². The Kier molecular flexibility index (Phi) is 3.56. The van der Waals surface area contributed by atoms with Gasteiger partial charge in [-0.15, -0.1) is 11.3 Å². The molecule has 0 radical (unpaired) electrons. The Labute approximate surface area is 119 Å². The maximum atomic E-state index is 13.1. The predicted octanol–water partition coefficient (Wildman–Crippen LogP) is 4.68. The summed E-state index contributed by atoms with van der Waals surface area (Å²) in [4.78, 5) is 4.51. The summed E-state index contributed by atoms with van der Waals surface area (Å²) < 4.78 is 26.3. The first-order valence-electron chi connectivity index (χ1n) is 6.15. The highest BCUT2D eigenvalue weighted by atomic mass is 32.1. The Hall–Kier alpha value is -2.07. The lowest BCUT2D eigenvalue weighted by Gasteiger charge is -1.99. The number of nitrogens with zero attached hydrogens (tertiary/aromatic N) is 1. The van der Waals surface area contributed by atoms with Crippen LogP contribution in [0.15, 0.2) is 53.9 Å². The molecular weight excluding hydrogens is 276 g/mol. The van der Waals surface area contributed by atoms with Crippen molar-refractivity contribution < 1.29 is 8.78 Å². The van der Waals surface area contributed by atoms with Gasteiger partial charge in [-0.25, -0.2) is 13.8 Å². The van der Waals surface area contributed by atoms with Crippen LogP contribution in [0.3, 0.4) is 0 Å². The van der Waals surface area contributed by atoms with E-state index in [-0.39, 0.29) is 0 Å². The molecule has 0 unspecified atom stereocenters. The average Bonchev–Trinajstić information content (AvgIpc) is 2.87. The number of benzene rings is 2. The van der Waals surface area contributed by atoms with E-state index in [4.69, 9.17) is 0 Å². The topological polar surface area (TPSA) is 12.9 Å². The molecule has 0 aliphatic rings. The highest BCUT2D eigenvalue weighted by Crippen LogP contribution is 2.23. The summed E-state index contributed by atoms with van der Waals surface area (Å²) in [5, 5.41) is 2.80. The van der Waals surface area contributed by atoms with Crippen molar-refractivity contribution in [2.75, 3.05) is 0 Å². The summed E-state index contributed by atoms with van der Waals surface area (Å²) in [5.74, 6) is -1.11. The third-order valence-electron chi connectivity index (χ3n) is 2.90. The van der Waals surface area contributed by atoms with Gasteiger partial charge in [-0.2, -0.15) is 0 Å². The molecule has 20 heavy (non-hydrogen) atoms. The van der Waals surface area contributed by atoms with Gasteiger partial charge in [-0.05, 0) is 17.7 Å².